The number of pyridine rings is 2. The lowest BCUT2D eigenvalue weighted by atomic mass is 9.73. The maximum absolute atomic E-state index is 11.2. The van der Waals surface area contributed by atoms with Crippen LogP contribution in [-0.2, 0) is 0 Å². The molecule has 4 aromatic rings. The summed E-state index contributed by atoms with van der Waals surface area (Å²) in [6.07, 6.45) is 11.2. The van der Waals surface area contributed by atoms with Crippen LogP contribution in [0.3, 0.4) is 0 Å². The summed E-state index contributed by atoms with van der Waals surface area (Å²) in [5.74, 6) is 4.01. The summed E-state index contributed by atoms with van der Waals surface area (Å²) in [7, 11) is 3.32. The molecule has 10 rings (SSSR count). The Bertz CT molecular complexity index is 1650. The smallest absolute Gasteiger partial charge is 0.119 e. The molecular weight excluding hydrogens is 600 g/mol. The standard InChI is InChI=1S/2C20H24N2O2/c2*1-3-13-12-22-9-7-14(13)10-19(22)20(23)16-6-8-21-18-5-4-15(24-2)11-17(16)18/h2*3-6,8,11,13-14,19-20,23H,1,7,9-10,12H2,2H3/t2*13?,14?,19?,20-/m10/s1. The van der Waals surface area contributed by atoms with Crippen LogP contribution < -0.4 is 9.47 Å². The van der Waals surface area contributed by atoms with E-state index in [2.05, 4.69) is 45.1 Å². The Morgan fingerprint density at radius 2 is 1.15 bits per heavy atom. The topological polar surface area (TPSA) is 91.2 Å². The fourth-order valence-electron chi connectivity index (χ4n) is 8.89. The number of hydrogen-bond acceptors (Lipinski definition) is 8. The SMILES string of the molecule is C=CC1CN2CCC1CC2[C@@H](O)c1ccnc2ccc(OC)cc12.C=CC1CN2CCC1CC2[C@H](O)c1ccnc2ccc(OC)cc12. The maximum Gasteiger partial charge on any atom is 0.119 e. The molecular formula is C40H48N4O4. The molecule has 2 N–H and O–H groups in total. The van der Waals surface area contributed by atoms with Gasteiger partial charge in [-0.2, -0.15) is 0 Å². The molecule has 4 bridgehead atoms. The van der Waals surface area contributed by atoms with Crippen molar-refractivity contribution in [2.24, 2.45) is 23.7 Å². The minimum Gasteiger partial charge on any atom is -0.497 e. The van der Waals surface area contributed by atoms with E-state index in [1.807, 2.05) is 48.5 Å². The molecule has 8 nitrogen and oxygen atoms in total. The van der Waals surface area contributed by atoms with Gasteiger partial charge in [0.2, 0.25) is 0 Å². The van der Waals surface area contributed by atoms with Crippen LogP contribution in [0.15, 0.2) is 86.2 Å². The molecule has 2 aromatic heterocycles. The molecule has 0 radical (unpaired) electrons. The minimum atomic E-state index is -0.504. The maximum atomic E-state index is 11.2. The third-order valence-corrected chi connectivity index (χ3v) is 11.6. The molecule has 2 aromatic carbocycles. The number of ether oxygens (including phenoxy) is 2. The largest absolute Gasteiger partial charge is 0.497 e. The van der Waals surface area contributed by atoms with Crippen molar-refractivity contribution in [3.05, 3.63) is 97.4 Å². The van der Waals surface area contributed by atoms with Crippen molar-refractivity contribution in [1.29, 1.82) is 0 Å². The van der Waals surface area contributed by atoms with Gasteiger partial charge >= 0.3 is 0 Å². The second kappa shape index (κ2) is 14.0. The highest BCUT2D eigenvalue weighted by Gasteiger charge is 2.43. The van der Waals surface area contributed by atoms with Gasteiger partial charge in [-0.1, -0.05) is 12.2 Å². The number of aliphatic hydroxyl groups excluding tert-OH is 2. The van der Waals surface area contributed by atoms with E-state index in [4.69, 9.17) is 9.47 Å². The Morgan fingerprint density at radius 1 is 0.708 bits per heavy atom. The van der Waals surface area contributed by atoms with Gasteiger partial charge in [-0.05, 0) is 122 Å². The molecule has 8 unspecified atom stereocenters. The molecule has 252 valence electrons. The summed E-state index contributed by atoms with van der Waals surface area (Å²) in [6, 6.07) is 15.9. The molecule has 6 aliphatic rings. The van der Waals surface area contributed by atoms with Gasteiger partial charge in [0.15, 0.2) is 0 Å². The van der Waals surface area contributed by atoms with Gasteiger partial charge in [0.1, 0.15) is 11.5 Å². The van der Waals surface area contributed by atoms with Crippen molar-refractivity contribution >= 4 is 21.8 Å². The number of hydrogen-bond donors (Lipinski definition) is 2. The molecule has 10 atom stereocenters. The zero-order chi connectivity index (χ0) is 33.4. The van der Waals surface area contributed by atoms with Crippen molar-refractivity contribution in [2.75, 3.05) is 40.4 Å². The van der Waals surface area contributed by atoms with Crippen LogP contribution in [0.4, 0.5) is 0 Å². The molecule has 0 saturated carbocycles. The number of aliphatic hydroxyl groups is 2. The fourth-order valence-corrected chi connectivity index (χ4v) is 8.89. The first-order chi connectivity index (χ1) is 23.4. The summed E-state index contributed by atoms with van der Waals surface area (Å²) in [5.41, 5.74) is 3.69. The van der Waals surface area contributed by atoms with E-state index in [0.717, 1.165) is 83.5 Å². The highest BCUT2D eigenvalue weighted by atomic mass is 16.5. The van der Waals surface area contributed by atoms with Crippen LogP contribution in [0.2, 0.25) is 0 Å². The lowest BCUT2D eigenvalue weighted by molar-refractivity contribution is -0.0445. The molecule has 48 heavy (non-hydrogen) atoms. The Kier molecular flexibility index (Phi) is 9.52. The molecule has 0 aliphatic carbocycles. The summed E-state index contributed by atoms with van der Waals surface area (Å²) in [6.45, 7) is 12.1. The van der Waals surface area contributed by atoms with E-state index in [0.29, 0.717) is 23.7 Å². The van der Waals surface area contributed by atoms with Crippen LogP contribution in [0.25, 0.3) is 21.8 Å². The van der Waals surface area contributed by atoms with Crippen LogP contribution >= 0.6 is 0 Å². The predicted octanol–water partition coefficient (Wildman–Crippen LogP) is 6.35. The fraction of sp³-hybridized carbons (Fsp3) is 0.450. The lowest BCUT2D eigenvalue weighted by Gasteiger charge is -2.50. The van der Waals surface area contributed by atoms with Gasteiger partial charge in [0.05, 0.1) is 37.5 Å². The van der Waals surface area contributed by atoms with Gasteiger partial charge in [-0.3, -0.25) is 19.8 Å². The Balaban J connectivity index is 0.000000152. The first-order valence-corrected chi connectivity index (χ1v) is 17.4. The highest BCUT2D eigenvalue weighted by molar-refractivity contribution is 5.84. The predicted molar refractivity (Wildman–Crippen MR) is 190 cm³/mol. The third kappa shape index (κ3) is 6.11. The normalized spacial score (nSPS) is 30.2. The Morgan fingerprint density at radius 3 is 1.50 bits per heavy atom. The molecule has 0 spiro atoms. The molecule has 6 saturated heterocycles. The quantitative estimate of drug-likeness (QED) is 0.214. The van der Waals surface area contributed by atoms with E-state index in [1.165, 1.54) is 12.8 Å². The van der Waals surface area contributed by atoms with E-state index in [-0.39, 0.29) is 12.1 Å². The zero-order valence-electron chi connectivity index (χ0n) is 28.1. The molecule has 8 heterocycles. The number of fused-ring (bicyclic) bond motifs is 8. The monoisotopic (exact) mass is 648 g/mol. The Labute approximate surface area is 283 Å². The summed E-state index contributed by atoms with van der Waals surface area (Å²) in [5, 5.41) is 24.3. The molecule has 6 fully saturated rings. The zero-order valence-corrected chi connectivity index (χ0v) is 28.1. The summed E-state index contributed by atoms with van der Waals surface area (Å²) >= 11 is 0. The number of aromatic nitrogens is 2. The van der Waals surface area contributed by atoms with Gasteiger partial charge in [-0.15, -0.1) is 13.2 Å². The van der Waals surface area contributed by atoms with Crippen molar-refractivity contribution in [2.45, 2.75) is 50.0 Å². The van der Waals surface area contributed by atoms with E-state index in [1.54, 1.807) is 26.6 Å². The number of piperidine rings is 6. The van der Waals surface area contributed by atoms with Crippen molar-refractivity contribution in [3.8, 4) is 11.5 Å². The Hall–Kier alpha value is -3.82. The first kappa shape index (κ1) is 32.7. The minimum absolute atomic E-state index is 0.178. The molecule has 8 heteroatoms. The van der Waals surface area contributed by atoms with Gasteiger partial charge < -0.3 is 19.7 Å². The van der Waals surface area contributed by atoms with Gasteiger partial charge in [0.25, 0.3) is 0 Å². The van der Waals surface area contributed by atoms with Gasteiger partial charge in [-0.25, -0.2) is 0 Å². The van der Waals surface area contributed by atoms with E-state index < -0.39 is 12.2 Å². The molecule has 0 amide bonds. The van der Waals surface area contributed by atoms with E-state index in [9.17, 15) is 10.2 Å². The van der Waals surface area contributed by atoms with Gasteiger partial charge in [0, 0.05) is 48.3 Å². The van der Waals surface area contributed by atoms with E-state index >= 15 is 0 Å². The second-order valence-corrected chi connectivity index (χ2v) is 13.9. The van der Waals surface area contributed by atoms with Crippen LogP contribution in [0.5, 0.6) is 11.5 Å². The number of methoxy groups -OCH3 is 2. The second-order valence-electron chi connectivity index (χ2n) is 13.9. The van der Waals surface area contributed by atoms with Crippen LogP contribution in [0, 0.1) is 23.7 Å². The van der Waals surface area contributed by atoms with Crippen LogP contribution in [-0.4, -0.2) is 82.5 Å². The third-order valence-electron chi connectivity index (χ3n) is 11.6. The van der Waals surface area contributed by atoms with Crippen LogP contribution in [0.1, 0.15) is 49.0 Å². The van der Waals surface area contributed by atoms with Crippen molar-refractivity contribution in [1.82, 2.24) is 19.8 Å². The average Bonchev–Trinajstić information content (AvgIpc) is 3.16. The molecule has 6 aliphatic heterocycles. The highest BCUT2D eigenvalue weighted by Crippen LogP contribution is 2.43. The summed E-state index contributed by atoms with van der Waals surface area (Å²) in [4.78, 5) is 13.7. The summed E-state index contributed by atoms with van der Waals surface area (Å²) < 4.78 is 10.7. The number of rotatable bonds is 8. The van der Waals surface area contributed by atoms with Crippen molar-refractivity contribution in [3.63, 3.8) is 0 Å². The number of benzene rings is 2. The first-order valence-electron chi connectivity index (χ1n) is 17.4. The number of nitrogens with zero attached hydrogens (tertiary/aromatic N) is 4. The average molecular weight is 649 g/mol. The lowest BCUT2D eigenvalue weighted by Crippen LogP contribution is -2.54. The van der Waals surface area contributed by atoms with Crippen molar-refractivity contribution < 1.29 is 19.7 Å².